The van der Waals surface area contributed by atoms with Crippen molar-refractivity contribution in [2.24, 2.45) is 0 Å². The van der Waals surface area contributed by atoms with E-state index in [1.165, 1.54) is 38.9 Å². The van der Waals surface area contributed by atoms with Gasteiger partial charge in [0.1, 0.15) is 13.1 Å². The predicted octanol–water partition coefficient (Wildman–Crippen LogP) is 0.547. The van der Waals surface area contributed by atoms with Crippen LogP contribution in [-0.2, 0) is 17.8 Å². The van der Waals surface area contributed by atoms with Crippen molar-refractivity contribution < 1.29 is 21.7 Å². The molecule has 29 heavy (non-hydrogen) atoms. The number of aryl methyl sites for hydroxylation is 2. The molecule has 4 nitrogen and oxygen atoms in total. The first-order valence-electron chi connectivity index (χ1n) is 10.4. The zero-order valence-electron chi connectivity index (χ0n) is 18.0. The fraction of sp³-hybridized carbons (Fsp3) is 0.458. The summed E-state index contributed by atoms with van der Waals surface area (Å²) in [7, 11) is 0. The predicted molar refractivity (Wildman–Crippen MR) is 114 cm³/mol. The van der Waals surface area contributed by atoms with Crippen LogP contribution in [-0.4, -0.2) is 42.3 Å². The molecule has 4 rings (SSSR count). The molecule has 0 aliphatic carbocycles. The van der Waals surface area contributed by atoms with Gasteiger partial charge in [-0.2, -0.15) is 0 Å². The van der Waals surface area contributed by atoms with Crippen LogP contribution < -0.4 is 17.0 Å². The van der Waals surface area contributed by atoms with Crippen molar-refractivity contribution in [1.82, 2.24) is 9.47 Å². The molecule has 1 aliphatic rings. The summed E-state index contributed by atoms with van der Waals surface area (Å²) in [5.41, 5.74) is 9.68. The average Bonchev–Trinajstić information content (AvgIpc) is 3.07. The molecule has 0 unspecified atom stereocenters. The van der Waals surface area contributed by atoms with Gasteiger partial charge in [-0.25, -0.2) is 9.13 Å². The summed E-state index contributed by atoms with van der Waals surface area (Å²) in [6.07, 6.45) is 2.31. The molecule has 0 saturated carbocycles. The number of benzene rings is 2. The number of imidazole rings is 1. The van der Waals surface area contributed by atoms with Crippen LogP contribution in [0.2, 0.25) is 0 Å². The fourth-order valence-corrected chi connectivity index (χ4v) is 4.33. The van der Waals surface area contributed by atoms with Crippen LogP contribution >= 0.6 is 0 Å². The van der Waals surface area contributed by atoms with Crippen molar-refractivity contribution in [3.63, 3.8) is 0 Å². The van der Waals surface area contributed by atoms with E-state index in [2.05, 4.69) is 78.4 Å². The number of fused-ring (bicyclic) bond motifs is 1. The molecule has 0 amide bonds. The highest BCUT2D eigenvalue weighted by atomic mass is 35.5. The van der Waals surface area contributed by atoms with Gasteiger partial charge in [0.05, 0.1) is 13.2 Å². The molecule has 0 bridgehead atoms. The summed E-state index contributed by atoms with van der Waals surface area (Å²) in [5, 5.41) is 0. The largest absolute Gasteiger partial charge is 1.00 e. The summed E-state index contributed by atoms with van der Waals surface area (Å²) in [6.45, 7) is 15.8. The Bertz CT molecular complexity index is 963. The number of ether oxygens (including phenoxy) is 1. The standard InChI is InChI=1S/C24H32N3O.ClH/c1-18-15-19(2)21(4)22(20(18)3)16-27-17-26(23-7-5-6-8-24(23)27)10-9-25-11-13-28-14-12-25;/h5-8,15,17H,9-14,16H2,1-4H3;1H/q+1;/p-1. The van der Waals surface area contributed by atoms with E-state index in [-0.39, 0.29) is 12.4 Å². The van der Waals surface area contributed by atoms with Gasteiger partial charge in [0.15, 0.2) is 11.0 Å². The number of halogens is 1. The molecule has 0 N–H and O–H groups in total. The summed E-state index contributed by atoms with van der Waals surface area (Å²) >= 11 is 0. The number of hydrogen-bond donors (Lipinski definition) is 0. The highest BCUT2D eigenvalue weighted by molar-refractivity contribution is 5.71. The Morgan fingerprint density at radius 3 is 2.28 bits per heavy atom. The lowest BCUT2D eigenvalue weighted by molar-refractivity contribution is -0.663. The third-order valence-corrected chi connectivity index (χ3v) is 6.39. The SMILES string of the molecule is Cc1cc(C)c(C)c(C[n+]2cn(CCN3CCOCC3)c3ccccc32)c1C.[Cl-]. The monoisotopic (exact) mass is 413 g/mol. The molecule has 1 aliphatic heterocycles. The Kier molecular flexibility index (Phi) is 6.99. The van der Waals surface area contributed by atoms with Gasteiger partial charge in [-0.3, -0.25) is 4.90 Å². The molecule has 2 heterocycles. The second-order valence-electron chi connectivity index (χ2n) is 8.12. The zero-order chi connectivity index (χ0) is 19.7. The summed E-state index contributed by atoms with van der Waals surface area (Å²) < 4.78 is 10.3. The lowest BCUT2D eigenvalue weighted by atomic mass is 9.94. The number of morpholine rings is 1. The van der Waals surface area contributed by atoms with Gasteiger partial charge in [-0.1, -0.05) is 18.2 Å². The second kappa shape index (κ2) is 9.29. The fourth-order valence-electron chi connectivity index (χ4n) is 4.33. The van der Waals surface area contributed by atoms with E-state index in [1.54, 1.807) is 0 Å². The van der Waals surface area contributed by atoms with Crippen molar-refractivity contribution in [2.45, 2.75) is 40.8 Å². The van der Waals surface area contributed by atoms with Gasteiger partial charge >= 0.3 is 0 Å². The normalized spacial score (nSPS) is 14.9. The molecular weight excluding hydrogens is 382 g/mol. The quantitative estimate of drug-likeness (QED) is 0.569. The van der Waals surface area contributed by atoms with Gasteiger partial charge in [0, 0.05) is 19.6 Å². The third-order valence-electron chi connectivity index (χ3n) is 6.39. The van der Waals surface area contributed by atoms with Crippen LogP contribution in [0.3, 0.4) is 0 Å². The molecule has 0 atom stereocenters. The Labute approximate surface area is 180 Å². The number of nitrogens with zero attached hydrogens (tertiary/aromatic N) is 3. The molecule has 2 aromatic carbocycles. The first-order chi connectivity index (χ1) is 13.5. The van der Waals surface area contributed by atoms with Gasteiger partial charge in [-0.05, 0) is 67.6 Å². The number of para-hydroxylation sites is 2. The van der Waals surface area contributed by atoms with Gasteiger partial charge in [-0.15, -0.1) is 0 Å². The Morgan fingerprint density at radius 2 is 1.59 bits per heavy atom. The van der Waals surface area contributed by atoms with Crippen LogP contribution in [0.1, 0.15) is 27.8 Å². The van der Waals surface area contributed by atoms with Crippen molar-refractivity contribution in [3.8, 4) is 0 Å². The van der Waals surface area contributed by atoms with Crippen LogP contribution in [0.25, 0.3) is 11.0 Å². The molecule has 1 fully saturated rings. The van der Waals surface area contributed by atoms with Crippen molar-refractivity contribution in [3.05, 3.63) is 64.5 Å². The van der Waals surface area contributed by atoms with E-state index in [1.807, 2.05) is 0 Å². The highest BCUT2D eigenvalue weighted by Gasteiger charge is 2.19. The van der Waals surface area contributed by atoms with Gasteiger partial charge < -0.3 is 17.1 Å². The topological polar surface area (TPSA) is 21.3 Å². The summed E-state index contributed by atoms with van der Waals surface area (Å²) in [6, 6.07) is 11.1. The Morgan fingerprint density at radius 1 is 0.931 bits per heavy atom. The first-order valence-corrected chi connectivity index (χ1v) is 10.4. The molecule has 3 aromatic rings. The Balaban J connectivity index is 0.00000240. The van der Waals surface area contributed by atoms with Gasteiger partial charge in [0.25, 0.3) is 0 Å². The number of hydrogen-bond acceptors (Lipinski definition) is 2. The van der Waals surface area contributed by atoms with E-state index < -0.39 is 0 Å². The van der Waals surface area contributed by atoms with E-state index in [4.69, 9.17) is 4.74 Å². The molecule has 0 radical (unpaired) electrons. The van der Waals surface area contributed by atoms with Crippen molar-refractivity contribution in [1.29, 1.82) is 0 Å². The van der Waals surface area contributed by atoms with Crippen molar-refractivity contribution in [2.75, 3.05) is 32.8 Å². The van der Waals surface area contributed by atoms with Crippen LogP contribution in [0.5, 0.6) is 0 Å². The Hall–Kier alpha value is -1.88. The van der Waals surface area contributed by atoms with E-state index in [0.717, 1.165) is 45.9 Å². The second-order valence-corrected chi connectivity index (χ2v) is 8.12. The van der Waals surface area contributed by atoms with Crippen LogP contribution in [0.4, 0.5) is 0 Å². The smallest absolute Gasteiger partial charge is 0.245 e. The van der Waals surface area contributed by atoms with Crippen molar-refractivity contribution >= 4 is 11.0 Å². The maximum atomic E-state index is 5.48. The highest BCUT2D eigenvalue weighted by Crippen LogP contribution is 2.22. The average molecular weight is 414 g/mol. The van der Waals surface area contributed by atoms with E-state index in [9.17, 15) is 0 Å². The summed E-state index contributed by atoms with van der Waals surface area (Å²) in [4.78, 5) is 2.50. The minimum absolute atomic E-state index is 0. The van der Waals surface area contributed by atoms with E-state index in [0.29, 0.717) is 0 Å². The number of rotatable bonds is 5. The molecule has 5 heteroatoms. The lowest BCUT2D eigenvalue weighted by Gasteiger charge is -2.25. The molecule has 1 aromatic heterocycles. The lowest BCUT2D eigenvalue weighted by Crippen LogP contribution is -3.00. The maximum Gasteiger partial charge on any atom is 0.245 e. The van der Waals surface area contributed by atoms with Gasteiger partial charge in [0.2, 0.25) is 6.33 Å². The molecule has 1 saturated heterocycles. The number of aromatic nitrogens is 2. The zero-order valence-corrected chi connectivity index (χ0v) is 18.8. The molecule has 156 valence electrons. The van der Waals surface area contributed by atoms with Crippen LogP contribution in [0.15, 0.2) is 36.7 Å². The summed E-state index contributed by atoms with van der Waals surface area (Å²) in [5.74, 6) is 0. The first kappa shape index (κ1) is 21.8. The van der Waals surface area contributed by atoms with Crippen LogP contribution in [0, 0.1) is 27.7 Å². The molecule has 0 spiro atoms. The minimum atomic E-state index is 0. The van der Waals surface area contributed by atoms with E-state index >= 15 is 0 Å². The minimum Gasteiger partial charge on any atom is -1.00 e. The molecular formula is C24H32ClN3O. The third kappa shape index (κ3) is 4.50. The maximum absolute atomic E-state index is 5.48.